The van der Waals surface area contributed by atoms with E-state index in [0.717, 1.165) is 19.5 Å². The van der Waals surface area contributed by atoms with Crippen LogP contribution in [0.3, 0.4) is 0 Å². The van der Waals surface area contributed by atoms with Gasteiger partial charge < -0.3 is 11.1 Å². The summed E-state index contributed by atoms with van der Waals surface area (Å²) < 4.78 is 0. The molecule has 2 nitrogen and oxygen atoms in total. The van der Waals surface area contributed by atoms with Gasteiger partial charge >= 0.3 is 0 Å². The number of hydrogen-bond acceptors (Lipinski definition) is 2. The lowest BCUT2D eigenvalue weighted by Gasteiger charge is -2.20. The smallest absolute Gasteiger partial charge is 0.00785 e. The minimum Gasteiger partial charge on any atom is -0.330 e. The van der Waals surface area contributed by atoms with Gasteiger partial charge in [0.2, 0.25) is 0 Å². The summed E-state index contributed by atoms with van der Waals surface area (Å²) in [5.74, 6) is 0. The predicted octanol–water partition coefficient (Wildman–Crippen LogP) is 2.05. The van der Waals surface area contributed by atoms with Gasteiger partial charge in [-0.05, 0) is 38.3 Å². The van der Waals surface area contributed by atoms with E-state index in [1.807, 2.05) is 0 Å². The Labute approximate surface area is 98.2 Å². The standard InChI is InChI=1S/C14H22N2/c1-12(7-10-15)16-11-14(8-9-14)13-5-3-2-4-6-13/h2-6,12,16H,7-11,15H2,1H3. The van der Waals surface area contributed by atoms with Gasteiger partial charge in [0.25, 0.3) is 0 Å². The molecule has 3 N–H and O–H groups in total. The third kappa shape index (κ3) is 2.63. The van der Waals surface area contributed by atoms with E-state index in [2.05, 4.69) is 42.6 Å². The molecule has 0 bridgehead atoms. The monoisotopic (exact) mass is 218 g/mol. The van der Waals surface area contributed by atoms with Gasteiger partial charge in [-0.25, -0.2) is 0 Å². The zero-order valence-electron chi connectivity index (χ0n) is 10.1. The molecule has 1 saturated carbocycles. The molecule has 1 fully saturated rings. The Hall–Kier alpha value is -0.860. The second-order valence-electron chi connectivity index (χ2n) is 5.01. The number of nitrogens with two attached hydrogens (primary N) is 1. The van der Waals surface area contributed by atoms with Crippen molar-refractivity contribution in [3.8, 4) is 0 Å². The molecule has 0 aromatic heterocycles. The minimum atomic E-state index is 0.421. The lowest BCUT2D eigenvalue weighted by atomic mass is 9.95. The normalized spacial score (nSPS) is 19.4. The van der Waals surface area contributed by atoms with Gasteiger partial charge in [0, 0.05) is 18.0 Å². The highest BCUT2D eigenvalue weighted by molar-refractivity contribution is 5.31. The molecule has 0 aliphatic heterocycles. The molecule has 0 amide bonds. The van der Waals surface area contributed by atoms with Crippen molar-refractivity contribution in [2.45, 2.75) is 37.6 Å². The molecule has 0 saturated heterocycles. The minimum absolute atomic E-state index is 0.421. The zero-order chi connectivity index (χ0) is 11.4. The summed E-state index contributed by atoms with van der Waals surface area (Å²) in [6, 6.07) is 11.4. The molecule has 1 aliphatic rings. The number of rotatable bonds is 6. The van der Waals surface area contributed by atoms with E-state index < -0.39 is 0 Å². The van der Waals surface area contributed by atoms with E-state index in [-0.39, 0.29) is 0 Å². The van der Waals surface area contributed by atoms with Gasteiger partial charge in [0.15, 0.2) is 0 Å². The molecule has 1 atom stereocenters. The van der Waals surface area contributed by atoms with Crippen molar-refractivity contribution < 1.29 is 0 Å². The van der Waals surface area contributed by atoms with Crippen LogP contribution in [0.5, 0.6) is 0 Å². The van der Waals surface area contributed by atoms with E-state index in [4.69, 9.17) is 5.73 Å². The van der Waals surface area contributed by atoms with Crippen molar-refractivity contribution in [1.29, 1.82) is 0 Å². The maximum atomic E-state index is 5.56. The molecule has 0 radical (unpaired) electrons. The number of nitrogens with one attached hydrogen (secondary N) is 1. The second-order valence-corrected chi connectivity index (χ2v) is 5.01. The number of hydrogen-bond donors (Lipinski definition) is 2. The van der Waals surface area contributed by atoms with E-state index in [1.165, 1.54) is 18.4 Å². The van der Waals surface area contributed by atoms with Crippen molar-refractivity contribution in [2.24, 2.45) is 5.73 Å². The molecule has 0 heterocycles. The first kappa shape index (κ1) is 11.6. The van der Waals surface area contributed by atoms with Crippen LogP contribution < -0.4 is 11.1 Å². The molecular weight excluding hydrogens is 196 g/mol. The maximum Gasteiger partial charge on any atom is 0.00785 e. The fourth-order valence-electron chi connectivity index (χ4n) is 2.23. The van der Waals surface area contributed by atoms with Crippen LogP contribution in [-0.4, -0.2) is 19.1 Å². The largest absolute Gasteiger partial charge is 0.330 e. The molecule has 1 aliphatic carbocycles. The quantitative estimate of drug-likeness (QED) is 0.767. The topological polar surface area (TPSA) is 38.0 Å². The zero-order valence-corrected chi connectivity index (χ0v) is 10.1. The van der Waals surface area contributed by atoms with E-state index in [9.17, 15) is 0 Å². The molecular formula is C14H22N2. The average molecular weight is 218 g/mol. The molecule has 88 valence electrons. The van der Waals surface area contributed by atoms with E-state index in [1.54, 1.807) is 0 Å². The SMILES string of the molecule is CC(CCN)NCC1(c2ccccc2)CC1. The molecule has 0 spiro atoms. The maximum absolute atomic E-state index is 5.56. The predicted molar refractivity (Wildman–Crippen MR) is 68.5 cm³/mol. The lowest BCUT2D eigenvalue weighted by molar-refractivity contribution is 0.478. The summed E-state index contributed by atoms with van der Waals surface area (Å²) in [5.41, 5.74) is 7.46. The second kappa shape index (κ2) is 4.98. The summed E-state index contributed by atoms with van der Waals surface area (Å²) in [4.78, 5) is 0. The first-order valence-electron chi connectivity index (χ1n) is 6.26. The van der Waals surface area contributed by atoms with Crippen LogP contribution in [0.2, 0.25) is 0 Å². The van der Waals surface area contributed by atoms with Crippen molar-refractivity contribution in [3.63, 3.8) is 0 Å². The van der Waals surface area contributed by atoms with Crippen molar-refractivity contribution >= 4 is 0 Å². The van der Waals surface area contributed by atoms with Crippen molar-refractivity contribution in [2.75, 3.05) is 13.1 Å². The van der Waals surface area contributed by atoms with Crippen LogP contribution >= 0.6 is 0 Å². The highest BCUT2D eigenvalue weighted by Gasteiger charge is 2.43. The van der Waals surface area contributed by atoms with E-state index in [0.29, 0.717) is 11.5 Å². The Morgan fingerprint density at radius 1 is 1.31 bits per heavy atom. The Kier molecular flexibility index (Phi) is 3.62. The van der Waals surface area contributed by atoms with Gasteiger partial charge in [-0.15, -0.1) is 0 Å². The fourth-order valence-corrected chi connectivity index (χ4v) is 2.23. The molecule has 1 aromatic carbocycles. The average Bonchev–Trinajstić information content (AvgIpc) is 3.09. The van der Waals surface area contributed by atoms with Crippen LogP contribution in [0, 0.1) is 0 Å². The van der Waals surface area contributed by atoms with Gasteiger partial charge in [-0.3, -0.25) is 0 Å². The lowest BCUT2D eigenvalue weighted by Crippen LogP contribution is -2.35. The van der Waals surface area contributed by atoms with Crippen LogP contribution in [0.25, 0.3) is 0 Å². The van der Waals surface area contributed by atoms with Crippen LogP contribution in [0.4, 0.5) is 0 Å². The Morgan fingerprint density at radius 3 is 2.56 bits per heavy atom. The first-order valence-corrected chi connectivity index (χ1v) is 6.26. The Morgan fingerprint density at radius 2 is 2.00 bits per heavy atom. The summed E-state index contributed by atoms with van der Waals surface area (Å²) >= 11 is 0. The van der Waals surface area contributed by atoms with Gasteiger partial charge in [-0.1, -0.05) is 30.3 Å². The molecule has 2 heteroatoms. The summed E-state index contributed by atoms with van der Waals surface area (Å²) in [5, 5.41) is 3.60. The summed E-state index contributed by atoms with van der Waals surface area (Å²) in [6.45, 7) is 4.08. The molecule has 2 rings (SSSR count). The third-order valence-electron chi connectivity index (χ3n) is 3.63. The summed E-state index contributed by atoms with van der Waals surface area (Å²) in [6.07, 6.45) is 3.70. The molecule has 1 aromatic rings. The van der Waals surface area contributed by atoms with E-state index >= 15 is 0 Å². The molecule has 16 heavy (non-hydrogen) atoms. The van der Waals surface area contributed by atoms with Crippen LogP contribution in [-0.2, 0) is 5.41 Å². The third-order valence-corrected chi connectivity index (χ3v) is 3.63. The Balaban J connectivity index is 1.90. The van der Waals surface area contributed by atoms with Gasteiger partial charge in [-0.2, -0.15) is 0 Å². The number of benzene rings is 1. The first-order chi connectivity index (χ1) is 7.77. The van der Waals surface area contributed by atoms with Crippen LogP contribution in [0.15, 0.2) is 30.3 Å². The summed E-state index contributed by atoms with van der Waals surface area (Å²) in [7, 11) is 0. The highest BCUT2D eigenvalue weighted by Crippen LogP contribution is 2.47. The van der Waals surface area contributed by atoms with Gasteiger partial charge in [0.05, 0.1) is 0 Å². The van der Waals surface area contributed by atoms with Crippen molar-refractivity contribution in [3.05, 3.63) is 35.9 Å². The molecule has 1 unspecified atom stereocenters. The van der Waals surface area contributed by atoms with Gasteiger partial charge in [0.1, 0.15) is 0 Å². The van der Waals surface area contributed by atoms with Crippen molar-refractivity contribution in [1.82, 2.24) is 5.32 Å². The Bertz CT molecular complexity index is 317. The van der Waals surface area contributed by atoms with Crippen LogP contribution in [0.1, 0.15) is 31.7 Å². The fraction of sp³-hybridized carbons (Fsp3) is 0.571. The highest BCUT2D eigenvalue weighted by atomic mass is 14.9.